The van der Waals surface area contributed by atoms with Crippen molar-refractivity contribution in [1.29, 1.82) is 0 Å². The third-order valence-corrected chi connectivity index (χ3v) is 4.08. The highest BCUT2D eigenvalue weighted by Crippen LogP contribution is 2.25. The van der Waals surface area contributed by atoms with Gasteiger partial charge in [0.1, 0.15) is 0 Å². The molecule has 0 bridgehead atoms. The predicted octanol–water partition coefficient (Wildman–Crippen LogP) is 2.51. The molecule has 1 amide bonds. The molecule has 1 N–H and O–H groups in total. The minimum Gasteiger partial charge on any atom is -0.550 e. The fourth-order valence-electron chi connectivity index (χ4n) is 2.15. The number of carbonyl (C=O) groups excluding carboxylic acids is 2. The van der Waals surface area contributed by atoms with Gasteiger partial charge in [0, 0.05) is 30.1 Å². The Bertz CT molecular complexity index is 841. The lowest BCUT2D eigenvalue weighted by atomic mass is 10.0. The van der Waals surface area contributed by atoms with Crippen molar-refractivity contribution in [1.82, 2.24) is 5.32 Å². The summed E-state index contributed by atoms with van der Waals surface area (Å²) in [5.74, 6) is -2.01. The van der Waals surface area contributed by atoms with Crippen LogP contribution in [0.5, 0.6) is 0 Å². The van der Waals surface area contributed by atoms with E-state index in [1.54, 1.807) is 0 Å². The van der Waals surface area contributed by atoms with Gasteiger partial charge in [-0.2, -0.15) is 0 Å². The number of hydrogen-bond donors (Lipinski definition) is 1. The van der Waals surface area contributed by atoms with Gasteiger partial charge in [-0.3, -0.25) is 14.9 Å². The summed E-state index contributed by atoms with van der Waals surface area (Å²) >= 11 is 11.6. The number of carboxylic acid groups (broad SMARTS) is 1. The number of hydrogen-bond acceptors (Lipinski definition) is 5. The molecule has 0 saturated heterocycles. The van der Waals surface area contributed by atoms with Gasteiger partial charge in [-0.15, -0.1) is 0 Å². The first-order chi connectivity index (χ1) is 11.8. The third-order valence-electron chi connectivity index (χ3n) is 3.34. The molecule has 2 aromatic rings. The Morgan fingerprint density at radius 1 is 1.12 bits per heavy atom. The van der Waals surface area contributed by atoms with E-state index in [-0.39, 0.29) is 26.9 Å². The molecule has 0 saturated carbocycles. The molecule has 0 aromatic heterocycles. The van der Waals surface area contributed by atoms with Crippen LogP contribution in [0.3, 0.4) is 0 Å². The molecule has 9 heteroatoms. The molecule has 0 spiro atoms. The molecule has 130 valence electrons. The maximum absolute atomic E-state index is 12.3. The Morgan fingerprint density at radius 3 is 2.44 bits per heavy atom. The lowest BCUT2D eigenvalue weighted by molar-refractivity contribution is -0.385. The Kier molecular flexibility index (Phi) is 5.95. The van der Waals surface area contributed by atoms with E-state index < -0.39 is 29.3 Å². The lowest BCUT2D eigenvalue weighted by Gasteiger charge is -2.20. The Balaban J connectivity index is 2.29. The molecule has 0 aliphatic carbocycles. The quantitative estimate of drug-likeness (QED) is 0.609. The van der Waals surface area contributed by atoms with Gasteiger partial charge in [0.2, 0.25) is 0 Å². The molecule has 0 heterocycles. The molecular weight excluding hydrogens is 371 g/mol. The SMILES string of the molecule is O=C([O-])C[C@H](NC(=O)c1ccc(Cl)c(Cl)c1)c1cccc([N+](=O)[O-])c1. The summed E-state index contributed by atoms with van der Waals surface area (Å²) in [4.78, 5) is 33.6. The van der Waals surface area contributed by atoms with Gasteiger partial charge in [0.15, 0.2) is 0 Å². The zero-order valence-corrected chi connectivity index (χ0v) is 14.1. The van der Waals surface area contributed by atoms with Crippen molar-refractivity contribution in [3.63, 3.8) is 0 Å². The fraction of sp³-hybridized carbons (Fsp3) is 0.125. The van der Waals surface area contributed by atoms with Gasteiger partial charge in [-0.1, -0.05) is 35.3 Å². The molecule has 7 nitrogen and oxygen atoms in total. The Labute approximate surface area is 152 Å². The molecule has 2 rings (SSSR count). The number of nitrogens with one attached hydrogen (secondary N) is 1. The standard InChI is InChI=1S/C16H12Cl2N2O5/c17-12-5-4-10(7-13(12)18)16(23)19-14(8-15(21)22)9-2-1-3-11(6-9)20(24)25/h1-7,14H,8H2,(H,19,23)(H,21,22)/p-1/t14-/m0/s1. The number of benzene rings is 2. The second kappa shape index (κ2) is 7.96. The summed E-state index contributed by atoms with van der Waals surface area (Å²) in [6, 6.07) is 8.53. The van der Waals surface area contributed by atoms with Gasteiger partial charge in [0.25, 0.3) is 11.6 Å². The number of aliphatic carboxylic acids is 1. The number of carbonyl (C=O) groups is 2. The van der Waals surface area contributed by atoms with E-state index in [1.165, 1.54) is 42.5 Å². The molecule has 25 heavy (non-hydrogen) atoms. The largest absolute Gasteiger partial charge is 0.550 e. The van der Waals surface area contributed by atoms with Crippen molar-refractivity contribution >= 4 is 40.8 Å². The van der Waals surface area contributed by atoms with E-state index in [2.05, 4.69) is 5.32 Å². The summed E-state index contributed by atoms with van der Waals surface area (Å²) in [6.07, 6.45) is -0.547. The number of amides is 1. The van der Waals surface area contributed by atoms with E-state index in [0.29, 0.717) is 0 Å². The topological polar surface area (TPSA) is 112 Å². The molecule has 0 radical (unpaired) electrons. The van der Waals surface area contributed by atoms with Crippen LogP contribution in [0, 0.1) is 10.1 Å². The molecule has 0 unspecified atom stereocenters. The predicted molar refractivity (Wildman–Crippen MR) is 89.4 cm³/mol. The Morgan fingerprint density at radius 2 is 1.84 bits per heavy atom. The minimum absolute atomic E-state index is 0.168. The zero-order chi connectivity index (χ0) is 18.6. The van der Waals surface area contributed by atoms with Gasteiger partial charge >= 0.3 is 0 Å². The van der Waals surface area contributed by atoms with E-state index in [1.807, 2.05) is 0 Å². The van der Waals surface area contributed by atoms with Gasteiger partial charge in [-0.25, -0.2) is 0 Å². The number of rotatable bonds is 6. The van der Waals surface area contributed by atoms with Crippen LogP contribution in [0.1, 0.15) is 28.4 Å². The second-order valence-corrected chi connectivity index (χ2v) is 5.90. The second-order valence-electron chi connectivity index (χ2n) is 5.08. The summed E-state index contributed by atoms with van der Waals surface area (Å²) < 4.78 is 0. The van der Waals surface area contributed by atoms with E-state index in [4.69, 9.17) is 23.2 Å². The van der Waals surface area contributed by atoms with Crippen molar-refractivity contribution in [2.75, 3.05) is 0 Å². The number of nitrogens with zero attached hydrogens (tertiary/aromatic N) is 1. The van der Waals surface area contributed by atoms with Crippen LogP contribution in [0.25, 0.3) is 0 Å². The first kappa shape index (κ1) is 18.7. The summed E-state index contributed by atoms with van der Waals surface area (Å²) in [7, 11) is 0. The van der Waals surface area contributed by atoms with Crippen molar-refractivity contribution in [3.05, 3.63) is 73.8 Å². The van der Waals surface area contributed by atoms with Gasteiger partial charge < -0.3 is 15.2 Å². The van der Waals surface area contributed by atoms with Crippen LogP contribution in [0.2, 0.25) is 10.0 Å². The maximum Gasteiger partial charge on any atom is 0.269 e. The third kappa shape index (κ3) is 4.91. The zero-order valence-electron chi connectivity index (χ0n) is 12.6. The van der Waals surface area contributed by atoms with Crippen molar-refractivity contribution in [2.24, 2.45) is 0 Å². The fourth-order valence-corrected chi connectivity index (χ4v) is 2.45. The van der Waals surface area contributed by atoms with Crippen molar-refractivity contribution < 1.29 is 19.6 Å². The van der Waals surface area contributed by atoms with Crippen molar-refractivity contribution in [2.45, 2.75) is 12.5 Å². The summed E-state index contributed by atoms with van der Waals surface area (Å²) in [6.45, 7) is 0. The van der Waals surface area contributed by atoms with Crippen molar-refractivity contribution in [3.8, 4) is 0 Å². The monoisotopic (exact) mass is 381 g/mol. The average Bonchev–Trinajstić information content (AvgIpc) is 2.56. The average molecular weight is 382 g/mol. The molecule has 0 aliphatic rings. The maximum atomic E-state index is 12.3. The van der Waals surface area contributed by atoms with Gasteiger partial charge in [-0.05, 0) is 23.8 Å². The smallest absolute Gasteiger partial charge is 0.269 e. The number of halogens is 2. The lowest BCUT2D eigenvalue weighted by Crippen LogP contribution is -2.34. The van der Waals surface area contributed by atoms with Crippen LogP contribution in [0.15, 0.2) is 42.5 Å². The number of carboxylic acids is 1. The summed E-state index contributed by atoms with van der Waals surface area (Å²) in [5, 5.41) is 24.8. The van der Waals surface area contributed by atoms with E-state index in [9.17, 15) is 24.8 Å². The molecular formula is C16H11Cl2N2O5-. The molecule has 0 fully saturated rings. The highest BCUT2D eigenvalue weighted by molar-refractivity contribution is 6.42. The van der Waals surface area contributed by atoms with Crippen LogP contribution in [0.4, 0.5) is 5.69 Å². The normalized spacial score (nSPS) is 11.6. The van der Waals surface area contributed by atoms with Crippen LogP contribution >= 0.6 is 23.2 Å². The number of non-ortho nitro benzene ring substituents is 1. The van der Waals surface area contributed by atoms with E-state index >= 15 is 0 Å². The molecule has 2 aromatic carbocycles. The summed E-state index contributed by atoms with van der Waals surface area (Å²) in [5.41, 5.74) is 0.222. The number of nitro groups is 1. The first-order valence-corrected chi connectivity index (χ1v) is 7.73. The van der Waals surface area contributed by atoms with Crippen LogP contribution in [-0.2, 0) is 4.79 Å². The minimum atomic E-state index is -1.41. The van der Waals surface area contributed by atoms with Gasteiger partial charge in [0.05, 0.1) is 21.0 Å². The van der Waals surface area contributed by atoms with Crippen LogP contribution in [-0.4, -0.2) is 16.8 Å². The molecule has 0 aliphatic heterocycles. The van der Waals surface area contributed by atoms with Crippen LogP contribution < -0.4 is 10.4 Å². The van der Waals surface area contributed by atoms with E-state index in [0.717, 1.165) is 0 Å². The Hall–Kier alpha value is -2.64. The number of nitro benzene ring substituents is 1. The molecule has 1 atom stereocenters. The highest BCUT2D eigenvalue weighted by atomic mass is 35.5. The highest BCUT2D eigenvalue weighted by Gasteiger charge is 2.19. The first-order valence-electron chi connectivity index (χ1n) is 6.98.